The third-order valence-corrected chi connectivity index (χ3v) is 4.52. The van der Waals surface area contributed by atoms with E-state index in [1.807, 2.05) is 4.90 Å². The first-order valence-electron chi connectivity index (χ1n) is 8.39. The third-order valence-electron chi connectivity index (χ3n) is 3.46. The Morgan fingerprint density at radius 2 is 1.86 bits per heavy atom. The van der Waals surface area contributed by atoms with Gasteiger partial charge in [-0.3, -0.25) is 0 Å². The van der Waals surface area contributed by atoms with Crippen LogP contribution in [0.2, 0.25) is 20.4 Å². The van der Waals surface area contributed by atoms with Gasteiger partial charge in [0.1, 0.15) is 5.60 Å². The molecule has 2 aromatic rings. The largest absolute Gasteiger partial charge is 0.444 e. The summed E-state index contributed by atoms with van der Waals surface area (Å²) >= 11 is 24.6. The number of hydrogen-bond donors (Lipinski definition) is 1. The van der Waals surface area contributed by atoms with Gasteiger partial charge < -0.3 is 15.0 Å². The molecule has 152 valence electrons. The molecular formula is C18H20Cl4N4O2. The molecule has 0 aliphatic rings. The van der Waals surface area contributed by atoms with E-state index in [4.69, 9.17) is 51.1 Å². The Labute approximate surface area is 184 Å². The molecule has 0 radical (unpaired) electrons. The van der Waals surface area contributed by atoms with Crippen molar-refractivity contribution in [1.29, 1.82) is 0 Å². The zero-order valence-corrected chi connectivity index (χ0v) is 18.6. The van der Waals surface area contributed by atoms with Crippen molar-refractivity contribution in [3.63, 3.8) is 0 Å². The minimum absolute atomic E-state index is 0.180. The average Bonchev–Trinajstić information content (AvgIpc) is 2.57. The van der Waals surface area contributed by atoms with Gasteiger partial charge >= 0.3 is 6.09 Å². The molecule has 10 heteroatoms. The van der Waals surface area contributed by atoms with E-state index in [-0.39, 0.29) is 10.3 Å². The van der Waals surface area contributed by atoms with Crippen molar-refractivity contribution in [3.05, 3.63) is 50.2 Å². The van der Waals surface area contributed by atoms with E-state index in [1.165, 1.54) is 0 Å². The molecule has 28 heavy (non-hydrogen) atoms. The maximum Gasteiger partial charge on any atom is 0.407 e. The van der Waals surface area contributed by atoms with E-state index < -0.39 is 11.7 Å². The summed E-state index contributed by atoms with van der Waals surface area (Å²) in [6.07, 6.45) is -0.509. The molecule has 0 aliphatic carbocycles. The fraction of sp³-hybridized carbons (Fsp3) is 0.389. The molecule has 1 N–H and O–H groups in total. The Hall–Kier alpha value is -1.47. The number of ether oxygens (including phenoxy) is 1. The summed E-state index contributed by atoms with van der Waals surface area (Å²) in [6.45, 7) is 6.45. The Bertz CT molecular complexity index is 843. The second kappa shape index (κ2) is 9.83. The summed E-state index contributed by atoms with van der Waals surface area (Å²) in [6, 6.07) is 6.79. The van der Waals surface area contributed by atoms with E-state index in [0.29, 0.717) is 35.4 Å². The molecule has 1 aromatic heterocycles. The van der Waals surface area contributed by atoms with Crippen LogP contribution >= 0.6 is 46.4 Å². The van der Waals surface area contributed by atoms with E-state index >= 15 is 0 Å². The summed E-state index contributed by atoms with van der Waals surface area (Å²) in [5, 5.41) is 11.8. The lowest BCUT2D eigenvalue weighted by molar-refractivity contribution is 0.0529. The van der Waals surface area contributed by atoms with Crippen LogP contribution in [0.3, 0.4) is 0 Å². The number of rotatable bonds is 6. The van der Waals surface area contributed by atoms with Crippen molar-refractivity contribution >= 4 is 58.2 Å². The number of carbonyl (C=O) groups excluding carboxylic acids is 1. The van der Waals surface area contributed by atoms with Crippen LogP contribution in [0.4, 0.5) is 10.5 Å². The number of anilines is 1. The molecule has 1 heterocycles. The van der Waals surface area contributed by atoms with Crippen molar-refractivity contribution < 1.29 is 9.53 Å². The second-order valence-electron chi connectivity index (χ2n) is 6.93. The van der Waals surface area contributed by atoms with Crippen LogP contribution in [-0.4, -0.2) is 35.0 Å². The first kappa shape index (κ1) is 22.8. The molecule has 0 spiro atoms. The van der Waals surface area contributed by atoms with Crippen molar-refractivity contribution in [2.45, 2.75) is 32.9 Å². The van der Waals surface area contributed by atoms with Crippen LogP contribution in [0.5, 0.6) is 0 Å². The molecule has 2 rings (SSSR count). The van der Waals surface area contributed by atoms with E-state index in [0.717, 1.165) is 5.56 Å². The average molecular weight is 466 g/mol. The molecule has 0 saturated heterocycles. The normalized spacial score (nSPS) is 11.2. The maximum atomic E-state index is 11.9. The van der Waals surface area contributed by atoms with Gasteiger partial charge in [-0.25, -0.2) is 4.79 Å². The molecule has 0 atom stereocenters. The molecule has 0 aliphatic heterocycles. The molecule has 0 saturated carbocycles. The highest BCUT2D eigenvalue weighted by Crippen LogP contribution is 2.29. The Kier molecular flexibility index (Phi) is 8.01. The minimum Gasteiger partial charge on any atom is -0.444 e. The number of alkyl carbamates (subject to hydrolysis) is 1. The predicted octanol–water partition coefficient (Wildman–Crippen LogP) is 5.62. The number of amides is 1. The second-order valence-corrected chi connectivity index (χ2v) is 8.52. The van der Waals surface area contributed by atoms with Gasteiger partial charge in [-0.05, 0) is 44.5 Å². The number of nitrogens with one attached hydrogen (secondary N) is 1. The summed E-state index contributed by atoms with van der Waals surface area (Å²) in [5.41, 5.74) is 0.767. The first-order chi connectivity index (χ1) is 13.0. The lowest BCUT2D eigenvalue weighted by Crippen LogP contribution is -2.38. The van der Waals surface area contributed by atoms with E-state index in [1.54, 1.807) is 45.0 Å². The fourth-order valence-electron chi connectivity index (χ4n) is 2.33. The SMILES string of the molecule is CC(C)(C)OC(=O)NCCN(Cc1cc(Cl)ccc1Cl)c1cc(Cl)nnc1Cl. The van der Waals surface area contributed by atoms with Crippen LogP contribution in [0.1, 0.15) is 26.3 Å². The highest BCUT2D eigenvalue weighted by Gasteiger charge is 2.18. The summed E-state index contributed by atoms with van der Waals surface area (Å²) in [4.78, 5) is 13.8. The molecule has 1 amide bonds. The topological polar surface area (TPSA) is 67.3 Å². The van der Waals surface area contributed by atoms with Crippen molar-refractivity contribution in [3.8, 4) is 0 Å². The van der Waals surface area contributed by atoms with Crippen LogP contribution in [0, 0.1) is 0 Å². The van der Waals surface area contributed by atoms with Gasteiger partial charge in [0, 0.05) is 35.7 Å². The lowest BCUT2D eigenvalue weighted by atomic mass is 10.2. The predicted molar refractivity (Wildman–Crippen MR) is 114 cm³/mol. The Balaban J connectivity index is 2.18. The van der Waals surface area contributed by atoms with Crippen LogP contribution in [0.15, 0.2) is 24.3 Å². The summed E-state index contributed by atoms with van der Waals surface area (Å²) in [7, 11) is 0. The zero-order chi connectivity index (χ0) is 20.9. The highest BCUT2D eigenvalue weighted by atomic mass is 35.5. The van der Waals surface area contributed by atoms with Gasteiger partial charge in [0.05, 0.1) is 5.69 Å². The van der Waals surface area contributed by atoms with E-state index in [2.05, 4.69) is 15.5 Å². The number of halogens is 4. The zero-order valence-electron chi connectivity index (χ0n) is 15.6. The third kappa shape index (κ3) is 7.17. The first-order valence-corrected chi connectivity index (χ1v) is 9.91. The maximum absolute atomic E-state index is 11.9. The van der Waals surface area contributed by atoms with Gasteiger partial charge in [0.25, 0.3) is 0 Å². The molecule has 0 unspecified atom stereocenters. The van der Waals surface area contributed by atoms with Gasteiger partial charge in [-0.2, -0.15) is 0 Å². The van der Waals surface area contributed by atoms with Gasteiger partial charge in [-0.15, -0.1) is 10.2 Å². The number of hydrogen-bond acceptors (Lipinski definition) is 5. The smallest absolute Gasteiger partial charge is 0.407 e. The van der Waals surface area contributed by atoms with Gasteiger partial charge in [-0.1, -0.05) is 46.4 Å². The molecular weight excluding hydrogens is 446 g/mol. The van der Waals surface area contributed by atoms with Crippen LogP contribution in [-0.2, 0) is 11.3 Å². The Morgan fingerprint density at radius 3 is 2.54 bits per heavy atom. The standard InChI is InChI=1S/C18H20Cl4N4O2/c1-18(2,3)28-17(27)23-6-7-26(14-9-15(21)24-25-16(14)22)10-11-8-12(19)4-5-13(11)20/h4-5,8-9H,6-7,10H2,1-3H3,(H,23,27). The quantitative estimate of drug-likeness (QED) is 0.599. The number of benzene rings is 1. The number of aromatic nitrogens is 2. The van der Waals surface area contributed by atoms with Crippen molar-refractivity contribution in [2.24, 2.45) is 0 Å². The molecule has 1 aromatic carbocycles. The monoisotopic (exact) mass is 464 g/mol. The van der Waals surface area contributed by atoms with Crippen LogP contribution < -0.4 is 10.2 Å². The van der Waals surface area contributed by atoms with Crippen LogP contribution in [0.25, 0.3) is 0 Å². The summed E-state index contributed by atoms with van der Waals surface area (Å²) in [5.74, 6) is 0. The Morgan fingerprint density at radius 1 is 1.14 bits per heavy atom. The van der Waals surface area contributed by atoms with E-state index in [9.17, 15) is 4.79 Å². The lowest BCUT2D eigenvalue weighted by Gasteiger charge is -2.26. The molecule has 0 fully saturated rings. The number of nitrogens with zero attached hydrogens (tertiary/aromatic N) is 3. The molecule has 6 nitrogen and oxygen atoms in total. The van der Waals surface area contributed by atoms with Gasteiger partial charge in [0.2, 0.25) is 0 Å². The van der Waals surface area contributed by atoms with Crippen molar-refractivity contribution in [2.75, 3.05) is 18.0 Å². The highest BCUT2D eigenvalue weighted by molar-refractivity contribution is 6.34. The number of carbonyl (C=O) groups is 1. The van der Waals surface area contributed by atoms with Gasteiger partial charge in [0.15, 0.2) is 10.3 Å². The fourth-order valence-corrected chi connectivity index (χ4v) is 3.05. The minimum atomic E-state index is -0.579. The molecule has 0 bridgehead atoms. The summed E-state index contributed by atoms with van der Waals surface area (Å²) < 4.78 is 5.24. The van der Waals surface area contributed by atoms with Crippen molar-refractivity contribution in [1.82, 2.24) is 15.5 Å².